The van der Waals surface area contributed by atoms with Crippen molar-refractivity contribution in [3.63, 3.8) is 0 Å². The summed E-state index contributed by atoms with van der Waals surface area (Å²) < 4.78 is 0. The Morgan fingerprint density at radius 2 is 2.27 bits per heavy atom. The predicted octanol–water partition coefficient (Wildman–Crippen LogP) is 0.953. The van der Waals surface area contributed by atoms with Crippen LogP contribution in [-0.2, 0) is 0 Å². The van der Waals surface area contributed by atoms with Crippen LogP contribution in [0.1, 0.15) is 25.5 Å². The highest BCUT2D eigenvalue weighted by Crippen LogP contribution is 2.17. The van der Waals surface area contributed by atoms with Crippen LogP contribution in [0.3, 0.4) is 0 Å². The van der Waals surface area contributed by atoms with Crippen molar-refractivity contribution < 1.29 is 10.2 Å². The molecule has 0 aliphatic carbocycles. The molecule has 0 spiro atoms. The van der Waals surface area contributed by atoms with Crippen LogP contribution >= 0.6 is 0 Å². The van der Waals surface area contributed by atoms with Crippen LogP contribution in [-0.4, -0.2) is 34.9 Å². The lowest BCUT2D eigenvalue weighted by atomic mass is 10.1. The van der Waals surface area contributed by atoms with E-state index >= 15 is 0 Å². The molecule has 0 aromatic carbocycles. The Labute approximate surface area is 90.2 Å². The minimum atomic E-state index is -0.486. The average Bonchev–Trinajstić information content (AvgIpc) is 2.26. The van der Waals surface area contributed by atoms with E-state index in [1.165, 1.54) is 0 Å². The zero-order valence-corrected chi connectivity index (χ0v) is 9.22. The fourth-order valence-corrected chi connectivity index (χ4v) is 1.42. The van der Waals surface area contributed by atoms with Gasteiger partial charge in [0, 0.05) is 19.3 Å². The van der Waals surface area contributed by atoms with Gasteiger partial charge in [0.2, 0.25) is 0 Å². The summed E-state index contributed by atoms with van der Waals surface area (Å²) in [6.45, 7) is 5.19. The molecule has 0 aliphatic heterocycles. The normalized spacial score (nSPS) is 12.5. The lowest BCUT2D eigenvalue weighted by Crippen LogP contribution is -2.27. The zero-order valence-electron chi connectivity index (χ0n) is 9.22. The number of anilines is 1. The maximum absolute atomic E-state index is 9.44. The molecule has 0 bridgehead atoms. The number of aliphatic hydroxyl groups excluding tert-OH is 2. The van der Waals surface area contributed by atoms with Crippen LogP contribution in [0.4, 0.5) is 5.82 Å². The maximum Gasteiger partial charge on any atom is 0.128 e. The number of aromatic nitrogens is 1. The van der Waals surface area contributed by atoms with Gasteiger partial charge in [0.1, 0.15) is 5.82 Å². The number of pyridine rings is 1. The van der Waals surface area contributed by atoms with Crippen LogP contribution in [0.15, 0.2) is 18.3 Å². The Morgan fingerprint density at radius 1 is 1.53 bits per heavy atom. The Balaban J connectivity index is 2.87. The van der Waals surface area contributed by atoms with E-state index in [4.69, 9.17) is 5.11 Å². The van der Waals surface area contributed by atoms with Crippen molar-refractivity contribution in [2.45, 2.75) is 20.0 Å². The zero-order chi connectivity index (χ0) is 11.3. The van der Waals surface area contributed by atoms with E-state index in [2.05, 4.69) is 4.98 Å². The summed E-state index contributed by atoms with van der Waals surface area (Å²) in [5.74, 6) is 0.796. The summed E-state index contributed by atoms with van der Waals surface area (Å²) in [4.78, 5) is 6.18. The largest absolute Gasteiger partial charge is 0.395 e. The van der Waals surface area contributed by atoms with E-state index in [1.807, 2.05) is 17.9 Å². The quantitative estimate of drug-likeness (QED) is 0.760. The highest BCUT2D eigenvalue weighted by atomic mass is 16.3. The first kappa shape index (κ1) is 11.9. The lowest BCUT2D eigenvalue weighted by molar-refractivity contribution is 0.199. The summed E-state index contributed by atoms with van der Waals surface area (Å²) in [7, 11) is 0. The smallest absolute Gasteiger partial charge is 0.128 e. The second-order valence-corrected chi connectivity index (χ2v) is 3.43. The number of hydrogen-bond acceptors (Lipinski definition) is 4. The van der Waals surface area contributed by atoms with Crippen LogP contribution in [0.25, 0.3) is 0 Å². The fourth-order valence-electron chi connectivity index (χ4n) is 1.42. The third-order valence-electron chi connectivity index (χ3n) is 2.33. The topological polar surface area (TPSA) is 56.6 Å². The van der Waals surface area contributed by atoms with Gasteiger partial charge in [0.05, 0.1) is 12.7 Å². The number of nitrogens with zero attached hydrogens (tertiary/aromatic N) is 2. The Hall–Kier alpha value is -1.13. The van der Waals surface area contributed by atoms with E-state index in [0.29, 0.717) is 6.54 Å². The molecule has 0 fully saturated rings. The molecule has 2 N–H and O–H groups in total. The van der Waals surface area contributed by atoms with Crippen LogP contribution in [0.2, 0.25) is 0 Å². The molecule has 1 aromatic heterocycles. The molecule has 84 valence electrons. The van der Waals surface area contributed by atoms with Crippen molar-refractivity contribution in [1.82, 2.24) is 4.98 Å². The molecule has 4 heteroatoms. The average molecular weight is 210 g/mol. The first-order chi connectivity index (χ1) is 7.19. The second kappa shape index (κ2) is 5.68. The van der Waals surface area contributed by atoms with Gasteiger partial charge in [-0.05, 0) is 31.5 Å². The number of likely N-dealkylation sites (N-methyl/N-ethyl adjacent to an activating group) is 1. The van der Waals surface area contributed by atoms with Crippen molar-refractivity contribution in [1.29, 1.82) is 0 Å². The molecule has 15 heavy (non-hydrogen) atoms. The molecule has 1 atom stereocenters. The first-order valence-electron chi connectivity index (χ1n) is 5.18. The van der Waals surface area contributed by atoms with Gasteiger partial charge in [-0.15, -0.1) is 0 Å². The predicted molar refractivity (Wildman–Crippen MR) is 59.8 cm³/mol. The third-order valence-corrected chi connectivity index (χ3v) is 2.33. The Morgan fingerprint density at radius 3 is 2.80 bits per heavy atom. The highest BCUT2D eigenvalue weighted by molar-refractivity contribution is 5.41. The summed E-state index contributed by atoms with van der Waals surface area (Å²) in [6.07, 6.45) is 1.19. The van der Waals surface area contributed by atoms with Crippen molar-refractivity contribution in [2.24, 2.45) is 0 Å². The number of hydrogen-bond donors (Lipinski definition) is 2. The number of rotatable bonds is 5. The van der Waals surface area contributed by atoms with Gasteiger partial charge in [-0.3, -0.25) is 0 Å². The van der Waals surface area contributed by atoms with Crippen molar-refractivity contribution in [3.05, 3.63) is 23.9 Å². The Kier molecular flexibility index (Phi) is 4.52. The number of aliphatic hydroxyl groups is 2. The molecule has 0 saturated heterocycles. The van der Waals surface area contributed by atoms with E-state index in [9.17, 15) is 5.11 Å². The maximum atomic E-state index is 9.44. The summed E-state index contributed by atoms with van der Waals surface area (Å²) in [5, 5.41) is 18.3. The molecule has 0 saturated carbocycles. The second-order valence-electron chi connectivity index (χ2n) is 3.43. The van der Waals surface area contributed by atoms with Gasteiger partial charge in [-0.1, -0.05) is 0 Å². The van der Waals surface area contributed by atoms with Crippen molar-refractivity contribution in [3.8, 4) is 0 Å². The van der Waals surface area contributed by atoms with Gasteiger partial charge in [-0.25, -0.2) is 4.98 Å². The molecule has 0 aliphatic rings. The van der Waals surface area contributed by atoms with Gasteiger partial charge in [0.15, 0.2) is 0 Å². The summed E-state index contributed by atoms with van der Waals surface area (Å²) in [6, 6.07) is 3.64. The van der Waals surface area contributed by atoms with Crippen LogP contribution < -0.4 is 4.90 Å². The van der Waals surface area contributed by atoms with Crippen LogP contribution in [0.5, 0.6) is 0 Å². The SMILES string of the molecule is CCN(CCO)c1cc(C(C)O)ccn1. The minimum Gasteiger partial charge on any atom is -0.395 e. The van der Waals surface area contributed by atoms with Crippen LogP contribution in [0, 0.1) is 0 Å². The third kappa shape index (κ3) is 3.18. The first-order valence-corrected chi connectivity index (χ1v) is 5.18. The van der Waals surface area contributed by atoms with Crippen molar-refractivity contribution in [2.75, 3.05) is 24.6 Å². The van der Waals surface area contributed by atoms with Gasteiger partial charge in [0.25, 0.3) is 0 Å². The molecule has 1 heterocycles. The summed E-state index contributed by atoms with van der Waals surface area (Å²) >= 11 is 0. The standard InChI is InChI=1S/C11H18N2O2/c1-3-13(6-7-14)11-8-10(9(2)15)4-5-12-11/h4-5,8-9,14-15H,3,6-7H2,1-2H3. The van der Waals surface area contributed by atoms with E-state index in [1.54, 1.807) is 19.2 Å². The fraction of sp³-hybridized carbons (Fsp3) is 0.545. The monoisotopic (exact) mass is 210 g/mol. The van der Waals surface area contributed by atoms with Gasteiger partial charge in [-0.2, -0.15) is 0 Å². The van der Waals surface area contributed by atoms with Gasteiger partial charge >= 0.3 is 0 Å². The van der Waals surface area contributed by atoms with E-state index in [0.717, 1.165) is 17.9 Å². The molecule has 0 amide bonds. The molecule has 1 aromatic rings. The summed E-state index contributed by atoms with van der Waals surface area (Å²) in [5.41, 5.74) is 0.844. The molecule has 1 unspecified atom stereocenters. The molecule has 1 rings (SSSR count). The Bertz CT molecular complexity index is 302. The van der Waals surface area contributed by atoms with E-state index < -0.39 is 6.10 Å². The molecular formula is C11H18N2O2. The van der Waals surface area contributed by atoms with Crippen molar-refractivity contribution >= 4 is 5.82 Å². The van der Waals surface area contributed by atoms with E-state index in [-0.39, 0.29) is 6.61 Å². The minimum absolute atomic E-state index is 0.106. The molecular weight excluding hydrogens is 192 g/mol. The molecule has 4 nitrogen and oxygen atoms in total. The van der Waals surface area contributed by atoms with Gasteiger partial charge < -0.3 is 15.1 Å². The molecule has 0 radical (unpaired) electrons. The highest BCUT2D eigenvalue weighted by Gasteiger charge is 2.07. The lowest BCUT2D eigenvalue weighted by Gasteiger charge is -2.21.